The van der Waals surface area contributed by atoms with E-state index < -0.39 is 0 Å². The molecule has 1 fully saturated rings. The predicted molar refractivity (Wildman–Crippen MR) is 79.6 cm³/mol. The fourth-order valence-corrected chi connectivity index (χ4v) is 2.91. The maximum Gasteiger partial charge on any atom is 0.131 e. The first kappa shape index (κ1) is 15.3. The summed E-state index contributed by atoms with van der Waals surface area (Å²) in [6.07, 6.45) is 0.942. The lowest BCUT2D eigenvalue weighted by Crippen LogP contribution is -2.45. The number of ether oxygens (including phenoxy) is 1. The van der Waals surface area contributed by atoms with Gasteiger partial charge in [-0.25, -0.2) is 4.39 Å². The van der Waals surface area contributed by atoms with E-state index in [1.807, 2.05) is 6.07 Å². The zero-order valence-electron chi connectivity index (χ0n) is 12.7. The first-order valence-electron chi connectivity index (χ1n) is 7.40. The van der Waals surface area contributed by atoms with Crippen molar-refractivity contribution in [3.8, 4) is 5.75 Å². The Bertz CT molecular complexity index is 430. The Labute approximate surface area is 121 Å². The quantitative estimate of drug-likeness (QED) is 0.897. The molecule has 1 atom stereocenters. The molecule has 112 valence electrons. The highest BCUT2D eigenvalue weighted by molar-refractivity contribution is 5.37. The topological polar surface area (TPSA) is 24.5 Å². The van der Waals surface area contributed by atoms with Crippen molar-refractivity contribution in [3.05, 3.63) is 29.6 Å². The summed E-state index contributed by atoms with van der Waals surface area (Å²) in [5, 5.41) is 3.35. The molecule has 4 heteroatoms. The number of nitrogens with one attached hydrogen (secondary N) is 1. The Balaban J connectivity index is 2.34. The predicted octanol–water partition coefficient (Wildman–Crippen LogP) is 2.83. The fourth-order valence-electron chi connectivity index (χ4n) is 2.91. The SMILES string of the molecule is COc1cccc(F)c1[C@H](CC(C)C)N1CCNCC1. The zero-order chi connectivity index (χ0) is 14.5. The van der Waals surface area contributed by atoms with E-state index >= 15 is 0 Å². The Kier molecular flexibility index (Phi) is 5.38. The summed E-state index contributed by atoms with van der Waals surface area (Å²) < 4.78 is 19.8. The summed E-state index contributed by atoms with van der Waals surface area (Å²) >= 11 is 0. The van der Waals surface area contributed by atoms with Crippen LogP contribution in [0.3, 0.4) is 0 Å². The largest absolute Gasteiger partial charge is 0.496 e. The van der Waals surface area contributed by atoms with Gasteiger partial charge in [-0.05, 0) is 24.5 Å². The van der Waals surface area contributed by atoms with Gasteiger partial charge >= 0.3 is 0 Å². The van der Waals surface area contributed by atoms with Crippen LogP contribution in [0.5, 0.6) is 5.75 Å². The highest BCUT2D eigenvalue weighted by atomic mass is 19.1. The molecule has 1 aromatic rings. The van der Waals surface area contributed by atoms with Gasteiger partial charge in [-0.3, -0.25) is 4.90 Å². The van der Waals surface area contributed by atoms with Crippen LogP contribution in [0.1, 0.15) is 31.9 Å². The van der Waals surface area contributed by atoms with Gasteiger partial charge in [-0.2, -0.15) is 0 Å². The van der Waals surface area contributed by atoms with Crippen LogP contribution in [0.4, 0.5) is 4.39 Å². The van der Waals surface area contributed by atoms with Crippen LogP contribution in [0, 0.1) is 11.7 Å². The van der Waals surface area contributed by atoms with E-state index in [0.29, 0.717) is 17.2 Å². The van der Waals surface area contributed by atoms with E-state index in [-0.39, 0.29) is 11.9 Å². The van der Waals surface area contributed by atoms with Gasteiger partial charge in [0.15, 0.2) is 0 Å². The van der Waals surface area contributed by atoms with E-state index in [4.69, 9.17) is 4.74 Å². The molecular weight excluding hydrogens is 255 g/mol. The molecular formula is C16H25FN2O. The number of rotatable bonds is 5. The lowest BCUT2D eigenvalue weighted by Gasteiger charge is -2.36. The molecule has 0 spiro atoms. The molecule has 1 aliphatic rings. The van der Waals surface area contributed by atoms with Crippen LogP contribution in [-0.4, -0.2) is 38.2 Å². The second-order valence-corrected chi connectivity index (χ2v) is 5.79. The molecule has 3 nitrogen and oxygen atoms in total. The highest BCUT2D eigenvalue weighted by Gasteiger charge is 2.28. The highest BCUT2D eigenvalue weighted by Crippen LogP contribution is 2.36. The van der Waals surface area contributed by atoms with E-state index in [1.165, 1.54) is 6.07 Å². The van der Waals surface area contributed by atoms with Crippen molar-refractivity contribution >= 4 is 0 Å². The van der Waals surface area contributed by atoms with Crippen LogP contribution < -0.4 is 10.1 Å². The Hall–Kier alpha value is -1.13. The minimum Gasteiger partial charge on any atom is -0.496 e. The molecule has 0 unspecified atom stereocenters. The van der Waals surface area contributed by atoms with Gasteiger partial charge in [0.1, 0.15) is 11.6 Å². The summed E-state index contributed by atoms with van der Waals surface area (Å²) in [7, 11) is 1.61. The molecule has 1 N–H and O–H groups in total. The Morgan fingerprint density at radius 1 is 1.30 bits per heavy atom. The lowest BCUT2D eigenvalue weighted by molar-refractivity contribution is 0.148. The van der Waals surface area contributed by atoms with Gasteiger partial charge in [0.05, 0.1) is 7.11 Å². The number of piperazine rings is 1. The van der Waals surface area contributed by atoms with Crippen LogP contribution >= 0.6 is 0 Å². The zero-order valence-corrected chi connectivity index (χ0v) is 12.7. The van der Waals surface area contributed by atoms with Crippen LogP contribution in [0.15, 0.2) is 18.2 Å². The molecule has 0 aliphatic carbocycles. The first-order valence-corrected chi connectivity index (χ1v) is 7.40. The molecule has 0 bridgehead atoms. The normalized spacial score (nSPS) is 18.2. The van der Waals surface area contributed by atoms with Gasteiger partial charge < -0.3 is 10.1 Å². The maximum absolute atomic E-state index is 14.4. The van der Waals surface area contributed by atoms with E-state index in [1.54, 1.807) is 13.2 Å². The van der Waals surface area contributed by atoms with E-state index in [2.05, 4.69) is 24.1 Å². The second kappa shape index (κ2) is 7.04. The molecule has 0 amide bonds. The molecule has 1 saturated heterocycles. The van der Waals surface area contributed by atoms with Crippen LogP contribution in [0.2, 0.25) is 0 Å². The Morgan fingerprint density at radius 2 is 2.00 bits per heavy atom. The molecule has 1 heterocycles. The second-order valence-electron chi connectivity index (χ2n) is 5.79. The van der Waals surface area contributed by atoms with E-state index in [9.17, 15) is 4.39 Å². The number of nitrogens with zero attached hydrogens (tertiary/aromatic N) is 1. The van der Waals surface area contributed by atoms with Crippen molar-refractivity contribution in [1.29, 1.82) is 0 Å². The van der Waals surface area contributed by atoms with Gasteiger partial charge in [0.25, 0.3) is 0 Å². The number of halogens is 1. The average Bonchev–Trinajstić information content (AvgIpc) is 2.45. The Morgan fingerprint density at radius 3 is 2.60 bits per heavy atom. The third-order valence-corrected chi connectivity index (χ3v) is 3.85. The van der Waals surface area contributed by atoms with Crippen molar-refractivity contribution in [2.45, 2.75) is 26.3 Å². The summed E-state index contributed by atoms with van der Waals surface area (Å²) in [4.78, 5) is 2.37. The fraction of sp³-hybridized carbons (Fsp3) is 0.625. The maximum atomic E-state index is 14.4. The molecule has 0 saturated carbocycles. The number of benzene rings is 1. The molecule has 0 radical (unpaired) electrons. The molecule has 20 heavy (non-hydrogen) atoms. The van der Waals surface area contributed by atoms with Crippen molar-refractivity contribution in [2.24, 2.45) is 5.92 Å². The van der Waals surface area contributed by atoms with Gasteiger partial charge in [-0.1, -0.05) is 19.9 Å². The summed E-state index contributed by atoms with van der Waals surface area (Å²) in [5.41, 5.74) is 0.714. The number of hydrogen-bond donors (Lipinski definition) is 1. The molecule has 2 rings (SSSR count). The van der Waals surface area contributed by atoms with Crippen molar-refractivity contribution in [3.63, 3.8) is 0 Å². The summed E-state index contributed by atoms with van der Waals surface area (Å²) in [5.74, 6) is 1.02. The molecule has 1 aliphatic heterocycles. The monoisotopic (exact) mass is 280 g/mol. The van der Waals surface area contributed by atoms with Gasteiger partial charge in [-0.15, -0.1) is 0 Å². The lowest BCUT2D eigenvalue weighted by atomic mass is 9.94. The molecule has 0 aromatic heterocycles. The average molecular weight is 280 g/mol. The van der Waals surface area contributed by atoms with Crippen LogP contribution in [-0.2, 0) is 0 Å². The summed E-state index contributed by atoms with van der Waals surface area (Å²) in [6, 6.07) is 5.19. The van der Waals surface area contributed by atoms with Crippen molar-refractivity contribution < 1.29 is 9.13 Å². The number of methoxy groups -OCH3 is 1. The van der Waals surface area contributed by atoms with Crippen molar-refractivity contribution in [2.75, 3.05) is 33.3 Å². The van der Waals surface area contributed by atoms with Crippen LogP contribution in [0.25, 0.3) is 0 Å². The first-order chi connectivity index (χ1) is 9.63. The minimum absolute atomic E-state index is 0.0910. The minimum atomic E-state index is -0.159. The number of hydrogen-bond acceptors (Lipinski definition) is 3. The smallest absolute Gasteiger partial charge is 0.131 e. The standard InChI is InChI=1S/C16H25FN2O/c1-12(2)11-14(19-9-7-18-8-10-19)16-13(17)5-4-6-15(16)20-3/h4-6,12,14,18H,7-11H2,1-3H3/t14-/m0/s1. The van der Waals surface area contributed by atoms with Crippen molar-refractivity contribution in [1.82, 2.24) is 10.2 Å². The third kappa shape index (κ3) is 3.49. The summed E-state index contributed by atoms with van der Waals surface area (Å²) in [6.45, 7) is 8.20. The van der Waals surface area contributed by atoms with Gasteiger partial charge in [0, 0.05) is 37.8 Å². The van der Waals surface area contributed by atoms with E-state index in [0.717, 1.165) is 32.6 Å². The third-order valence-electron chi connectivity index (χ3n) is 3.85. The van der Waals surface area contributed by atoms with Gasteiger partial charge in [0.2, 0.25) is 0 Å². The molecule has 1 aromatic carbocycles.